The third-order valence-corrected chi connectivity index (χ3v) is 4.61. The van der Waals surface area contributed by atoms with E-state index in [0.717, 1.165) is 30.5 Å². The molecule has 116 valence electrons. The summed E-state index contributed by atoms with van der Waals surface area (Å²) < 4.78 is 6.59. The van der Waals surface area contributed by atoms with Crippen LogP contribution in [0.2, 0.25) is 0 Å². The van der Waals surface area contributed by atoms with Crippen molar-refractivity contribution in [2.24, 2.45) is 0 Å². The van der Waals surface area contributed by atoms with Crippen molar-refractivity contribution in [3.63, 3.8) is 0 Å². The van der Waals surface area contributed by atoms with Crippen molar-refractivity contribution in [2.45, 2.75) is 24.7 Å². The highest BCUT2D eigenvalue weighted by molar-refractivity contribution is 9.10. The monoisotopic (exact) mass is 354 g/mol. The summed E-state index contributed by atoms with van der Waals surface area (Å²) in [4.78, 5) is 11.9. The van der Waals surface area contributed by atoms with Gasteiger partial charge in [0.15, 0.2) is 0 Å². The lowest BCUT2D eigenvalue weighted by Crippen LogP contribution is -2.45. The van der Waals surface area contributed by atoms with Gasteiger partial charge in [0.2, 0.25) is 5.91 Å². The number of ether oxygens (including phenoxy) is 1. The molecule has 1 aromatic carbocycles. The molecule has 0 spiro atoms. The molecule has 0 bridgehead atoms. The van der Waals surface area contributed by atoms with E-state index < -0.39 is 0 Å². The first-order valence-corrected chi connectivity index (χ1v) is 8.21. The van der Waals surface area contributed by atoms with E-state index in [0.29, 0.717) is 19.5 Å². The fourth-order valence-electron chi connectivity index (χ4n) is 2.74. The molecule has 21 heavy (non-hydrogen) atoms. The summed E-state index contributed by atoms with van der Waals surface area (Å²) in [5.74, 6) is 0.102. The van der Waals surface area contributed by atoms with E-state index in [1.54, 1.807) is 0 Å². The Bertz CT molecular complexity index is 473. The fraction of sp³-hybridized carbons (Fsp3) is 0.562. The Hall–Kier alpha value is -0.910. The second-order valence-electron chi connectivity index (χ2n) is 5.53. The Kier molecular flexibility index (Phi) is 6.21. The molecule has 1 aliphatic heterocycles. The molecule has 1 saturated heterocycles. The quantitative estimate of drug-likeness (QED) is 0.823. The molecule has 0 atom stereocenters. The molecule has 1 fully saturated rings. The summed E-state index contributed by atoms with van der Waals surface area (Å²) in [6.45, 7) is 2.88. The van der Waals surface area contributed by atoms with Gasteiger partial charge in [0.05, 0.1) is 0 Å². The maximum absolute atomic E-state index is 11.9. The highest BCUT2D eigenvalue weighted by Crippen LogP contribution is 2.35. The fourth-order valence-corrected chi connectivity index (χ4v) is 3.14. The summed E-state index contributed by atoms with van der Waals surface area (Å²) in [6, 6.07) is 8.39. The van der Waals surface area contributed by atoms with Crippen LogP contribution in [0.25, 0.3) is 0 Å². The van der Waals surface area contributed by atoms with Gasteiger partial charge >= 0.3 is 0 Å². The molecule has 5 heteroatoms. The highest BCUT2D eigenvalue weighted by Gasteiger charge is 2.34. The standard InChI is InChI=1S/C16H23BrN2O2/c1-18-8-5-15(20)19-12-16(6-9-21-10-7-16)13-3-2-4-14(17)11-13/h2-4,11,18H,5-10,12H2,1H3,(H,19,20). The molecule has 2 rings (SSSR count). The van der Waals surface area contributed by atoms with Gasteiger partial charge in [-0.2, -0.15) is 0 Å². The number of halogens is 1. The molecular weight excluding hydrogens is 332 g/mol. The molecule has 0 aromatic heterocycles. The Morgan fingerprint density at radius 1 is 1.38 bits per heavy atom. The van der Waals surface area contributed by atoms with Gasteiger partial charge in [0, 0.05) is 42.6 Å². The van der Waals surface area contributed by atoms with E-state index in [1.807, 2.05) is 13.1 Å². The third kappa shape index (κ3) is 4.53. The molecule has 1 aliphatic rings. The first-order valence-electron chi connectivity index (χ1n) is 7.41. The molecule has 1 amide bonds. The minimum Gasteiger partial charge on any atom is -0.381 e. The second-order valence-corrected chi connectivity index (χ2v) is 6.45. The Labute approximate surface area is 134 Å². The summed E-state index contributed by atoms with van der Waals surface area (Å²) in [5.41, 5.74) is 1.26. The van der Waals surface area contributed by atoms with Gasteiger partial charge < -0.3 is 15.4 Å². The summed E-state index contributed by atoms with van der Waals surface area (Å²) >= 11 is 3.54. The molecule has 2 N–H and O–H groups in total. The zero-order valence-electron chi connectivity index (χ0n) is 12.5. The SMILES string of the molecule is CNCCC(=O)NCC1(c2cccc(Br)c2)CCOCC1. The van der Waals surface area contributed by atoms with Crippen LogP contribution in [0.5, 0.6) is 0 Å². The van der Waals surface area contributed by atoms with Gasteiger partial charge in [-0.3, -0.25) is 4.79 Å². The first-order chi connectivity index (χ1) is 10.2. The van der Waals surface area contributed by atoms with Gasteiger partial charge in [-0.15, -0.1) is 0 Å². The Morgan fingerprint density at radius 2 is 2.14 bits per heavy atom. The number of nitrogens with one attached hydrogen (secondary N) is 2. The van der Waals surface area contributed by atoms with Crippen LogP contribution >= 0.6 is 15.9 Å². The van der Waals surface area contributed by atoms with E-state index in [4.69, 9.17) is 4.74 Å². The lowest BCUT2D eigenvalue weighted by Gasteiger charge is -2.38. The zero-order chi connectivity index (χ0) is 15.1. The number of hydrogen-bond acceptors (Lipinski definition) is 3. The lowest BCUT2D eigenvalue weighted by molar-refractivity contribution is -0.121. The maximum atomic E-state index is 11.9. The molecule has 4 nitrogen and oxygen atoms in total. The second kappa shape index (κ2) is 7.92. The minimum absolute atomic E-state index is 0.0165. The van der Waals surface area contributed by atoms with E-state index in [-0.39, 0.29) is 11.3 Å². The summed E-state index contributed by atoms with van der Waals surface area (Å²) in [7, 11) is 1.86. The van der Waals surface area contributed by atoms with Crippen molar-refractivity contribution in [3.8, 4) is 0 Å². The molecule has 0 unspecified atom stereocenters. The van der Waals surface area contributed by atoms with Crippen molar-refractivity contribution >= 4 is 21.8 Å². The van der Waals surface area contributed by atoms with Crippen LogP contribution in [-0.2, 0) is 14.9 Å². The van der Waals surface area contributed by atoms with Gasteiger partial charge in [-0.1, -0.05) is 28.1 Å². The summed E-state index contributed by atoms with van der Waals surface area (Å²) in [6.07, 6.45) is 2.40. The normalized spacial score (nSPS) is 17.4. The molecule has 0 radical (unpaired) electrons. The smallest absolute Gasteiger partial charge is 0.221 e. The zero-order valence-corrected chi connectivity index (χ0v) is 14.0. The summed E-state index contributed by atoms with van der Waals surface area (Å²) in [5, 5.41) is 6.09. The van der Waals surface area contributed by atoms with E-state index in [2.05, 4.69) is 44.8 Å². The predicted molar refractivity (Wildman–Crippen MR) is 87.4 cm³/mol. The van der Waals surface area contributed by atoms with Crippen LogP contribution in [0.4, 0.5) is 0 Å². The predicted octanol–water partition coefficient (Wildman–Crippen LogP) is 2.22. The first kappa shape index (κ1) is 16.5. The van der Waals surface area contributed by atoms with Crippen LogP contribution in [0.1, 0.15) is 24.8 Å². The van der Waals surface area contributed by atoms with Crippen molar-refractivity contribution in [1.29, 1.82) is 0 Å². The highest BCUT2D eigenvalue weighted by atomic mass is 79.9. The molecule has 0 aliphatic carbocycles. The maximum Gasteiger partial charge on any atom is 0.221 e. The molecule has 1 heterocycles. The third-order valence-electron chi connectivity index (χ3n) is 4.11. The van der Waals surface area contributed by atoms with Crippen LogP contribution in [0, 0.1) is 0 Å². The van der Waals surface area contributed by atoms with Crippen molar-refractivity contribution in [1.82, 2.24) is 10.6 Å². The molecule has 1 aromatic rings. The molecule has 0 saturated carbocycles. The van der Waals surface area contributed by atoms with Crippen molar-refractivity contribution < 1.29 is 9.53 Å². The minimum atomic E-state index is -0.0165. The van der Waals surface area contributed by atoms with Crippen LogP contribution in [0.3, 0.4) is 0 Å². The van der Waals surface area contributed by atoms with Crippen molar-refractivity contribution in [3.05, 3.63) is 34.3 Å². The van der Waals surface area contributed by atoms with Crippen molar-refractivity contribution in [2.75, 3.05) is 33.4 Å². The number of carbonyl (C=O) groups excluding carboxylic acids is 1. The van der Waals surface area contributed by atoms with Gasteiger partial charge in [-0.25, -0.2) is 0 Å². The molecular formula is C16H23BrN2O2. The Morgan fingerprint density at radius 3 is 2.81 bits per heavy atom. The average Bonchev–Trinajstić information content (AvgIpc) is 2.52. The van der Waals surface area contributed by atoms with Gasteiger partial charge in [-0.05, 0) is 37.6 Å². The van der Waals surface area contributed by atoms with Crippen LogP contribution in [0.15, 0.2) is 28.7 Å². The number of carbonyl (C=O) groups is 1. The lowest BCUT2D eigenvalue weighted by atomic mass is 9.74. The van der Waals surface area contributed by atoms with E-state index >= 15 is 0 Å². The van der Waals surface area contributed by atoms with Gasteiger partial charge in [0.25, 0.3) is 0 Å². The number of hydrogen-bond donors (Lipinski definition) is 2. The Balaban J connectivity index is 2.08. The average molecular weight is 355 g/mol. The van der Waals surface area contributed by atoms with E-state index in [9.17, 15) is 4.79 Å². The number of amides is 1. The number of benzene rings is 1. The van der Waals surface area contributed by atoms with E-state index in [1.165, 1.54) is 5.56 Å². The van der Waals surface area contributed by atoms with Crippen LogP contribution in [-0.4, -0.2) is 39.3 Å². The van der Waals surface area contributed by atoms with Crippen LogP contribution < -0.4 is 10.6 Å². The number of rotatable bonds is 6. The van der Waals surface area contributed by atoms with Gasteiger partial charge in [0.1, 0.15) is 0 Å². The largest absolute Gasteiger partial charge is 0.381 e. The topological polar surface area (TPSA) is 50.4 Å².